The molecule has 1 aliphatic carbocycles. The van der Waals surface area contributed by atoms with Crippen LogP contribution in [0.3, 0.4) is 0 Å². The number of carbonyl (C=O) groups is 3. The second-order valence-corrected chi connectivity index (χ2v) is 8.09. The zero-order valence-corrected chi connectivity index (χ0v) is 18.8. The molecule has 0 saturated heterocycles. The van der Waals surface area contributed by atoms with Gasteiger partial charge in [-0.05, 0) is 35.1 Å². The number of unbranched alkanes of at least 4 members (excludes halogenated alkanes) is 1. The molecule has 0 radical (unpaired) electrons. The zero-order valence-electron chi connectivity index (χ0n) is 18.8. The number of rotatable bonds is 11. The van der Waals surface area contributed by atoms with Crippen molar-refractivity contribution in [2.75, 3.05) is 6.61 Å². The topological polar surface area (TPSA) is 105 Å². The lowest BCUT2D eigenvalue weighted by Gasteiger charge is -2.21. The summed E-state index contributed by atoms with van der Waals surface area (Å²) in [7, 11) is 0. The van der Waals surface area contributed by atoms with Crippen molar-refractivity contribution in [3.8, 4) is 11.1 Å². The molecule has 7 heteroatoms. The smallest absolute Gasteiger partial charge is 0.407 e. The lowest BCUT2D eigenvalue weighted by atomic mass is 9.98. The van der Waals surface area contributed by atoms with Gasteiger partial charge in [-0.2, -0.15) is 0 Å². The van der Waals surface area contributed by atoms with E-state index < -0.39 is 30.1 Å². The average molecular weight is 451 g/mol. The molecule has 0 bridgehead atoms. The van der Waals surface area contributed by atoms with E-state index in [2.05, 4.69) is 29.3 Å². The molecule has 7 nitrogen and oxygen atoms in total. The SMILES string of the molecule is C=CCC(NC(=O)[C@H](CCCC)NC(=O)OCC1c2ccccc2-c2ccccc21)C(=O)O. The number of hydrogen-bond acceptors (Lipinski definition) is 4. The van der Waals surface area contributed by atoms with Gasteiger partial charge in [-0.3, -0.25) is 4.79 Å². The van der Waals surface area contributed by atoms with E-state index in [9.17, 15) is 19.5 Å². The summed E-state index contributed by atoms with van der Waals surface area (Å²) in [6.07, 6.45) is 2.72. The first-order valence-electron chi connectivity index (χ1n) is 11.2. The Kier molecular flexibility index (Phi) is 8.24. The molecular formula is C26H30N2O5. The van der Waals surface area contributed by atoms with E-state index in [0.717, 1.165) is 28.7 Å². The Labute approximate surface area is 193 Å². The normalized spacial score (nSPS) is 13.8. The van der Waals surface area contributed by atoms with Crippen LogP contribution < -0.4 is 10.6 Å². The maximum Gasteiger partial charge on any atom is 0.407 e. The number of benzene rings is 2. The fourth-order valence-corrected chi connectivity index (χ4v) is 4.12. The van der Waals surface area contributed by atoms with Crippen molar-refractivity contribution in [1.82, 2.24) is 10.6 Å². The molecule has 0 aliphatic heterocycles. The van der Waals surface area contributed by atoms with Crippen LogP contribution in [0.4, 0.5) is 4.79 Å². The van der Waals surface area contributed by atoms with E-state index in [0.29, 0.717) is 12.8 Å². The highest BCUT2D eigenvalue weighted by molar-refractivity contribution is 5.89. The number of alkyl carbamates (subject to hydrolysis) is 1. The molecule has 2 aromatic carbocycles. The number of fused-ring (bicyclic) bond motifs is 3. The van der Waals surface area contributed by atoms with Crippen molar-refractivity contribution in [3.05, 3.63) is 72.3 Å². The van der Waals surface area contributed by atoms with Gasteiger partial charge in [-0.1, -0.05) is 74.4 Å². The Morgan fingerprint density at radius 1 is 1.03 bits per heavy atom. The van der Waals surface area contributed by atoms with Crippen LogP contribution in [0, 0.1) is 0 Å². The first-order chi connectivity index (χ1) is 16.0. The maximum absolute atomic E-state index is 12.7. The van der Waals surface area contributed by atoms with E-state index in [1.54, 1.807) is 0 Å². The molecule has 0 saturated carbocycles. The van der Waals surface area contributed by atoms with Crippen LogP contribution in [-0.4, -0.2) is 41.8 Å². The minimum Gasteiger partial charge on any atom is -0.480 e. The lowest BCUT2D eigenvalue weighted by Crippen LogP contribution is -2.51. The Morgan fingerprint density at radius 3 is 2.18 bits per heavy atom. The van der Waals surface area contributed by atoms with Crippen molar-refractivity contribution in [2.24, 2.45) is 0 Å². The van der Waals surface area contributed by atoms with Crippen LogP contribution in [0.1, 0.15) is 49.7 Å². The molecule has 2 amide bonds. The van der Waals surface area contributed by atoms with E-state index in [1.165, 1.54) is 6.08 Å². The predicted molar refractivity (Wildman–Crippen MR) is 126 cm³/mol. The Morgan fingerprint density at radius 2 is 1.64 bits per heavy atom. The number of aliphatic carboxylic acids is 1. The van der Waals surface area contributed by atoms with E-state index >= 15 is 0 Å². The van der Waals surface area contributed by atoms with Gasteiger partial charge in [0, 0.05) is 5.92 Å². The highest BCUT2D eigenvalue weighted by Gasteiger charge is 2.30. The van der Waals surface area contributed by atoms with Crippen molar-refractivity contribution < 1.29 is 24.2 Å². The van der Waals surface area contributed by atoms with Gasteiger partial charge in [-0.15, -0.1) is 6.58 Å². The lowest BCUT2D eigenvalue weighted by molar-refractivity contribution is -0.142. The Bertz CT molecular complexity index is 974. The average Bonchev–Trinajstić information content (AvgIpc) is 3.13. The standard InChI is InChI=1S/C26H30N2O5/c1-3-5-15-22(24(29)27-23(10-4-2)25(30)31)28-26(32)33-16-21-19-13-8-6-11-17(19)18-12-7-9-14-20(18)21/h4,6-9,11-14,21-23H,2-3,5,10,15-16H2,1H3,(H,27,29)(H,28,32)(H,30,31)/t22-,23?/m0/s1. The quantitative estimate of drug-likeness (QED) is 0.445. The Balaban J connectivity index is 1.65. The molecule has 0 heterocycles. The number of nitrogens with one attached hydrogen (secondary N) is 2. The van der Waals surface area contributed by atoms with Crippen LogP contribution in [-0.2, 0) is 14.3 Å². The minimum atomic E-state index is -1.15. The number of hydrogen-bond donors (Lipinski definition) is 3. The molecule has 3 N–H and O–H groups in total. The summed E-state index contributed by atoms with van der Waals surface area (Å²) in [6, 6.07) is 14.1. The van der Waals surface area contributed by atoms with E-state index in [4.69, 9.17) is 4.74 Å². The molecule has 0 spiro atoms. The summed E-state index contributed by atoms with van der Waals surface area (Å²) >= 11 is 0. The highest BCUT2D eigenvalue weighted by atomic mass is 16.5. The number of amides is 2. The van der Waals surface area contributed by atoms with Crippen molar-refractivity contribution in [1.29, 1.82) is 0 Å². The highest BCUT2D eigenvalue weighted by Crippen LogP contribution is 2.44. The molecular weight excluding hydrogens is 420 g/mol. The first kappa shape index (κ1) is 24.0. The predicted octanol–water partition coefficient (Wildman–Crippen LogP) is 4.23. The minimum absolute atomic E-state index is 0.0879. The van der Waals surface area contributed by atoms with Crippen LogP contribution in [0.15, 0.2) is 61.2 Å². The van der Waals surface area contributed by atoms with Gasteiger partial charge in [0.1, 0.15) is 18.7 Å². The number of carboxylic acids is 1. The maximum atomic E-state index is 12.7. The van der Waals surface area contributed by atoms with Crippen LogP contribution in [0.5, 0.6) is 0 Å². The van der Waals surface area contributed by atoms with Crippen LogP contribution in [0.25, 0.3) is 11.1 Å². The van der Waals surface area contributed by atoms with Gasteiger partial charge in [0.2, 0.25) is 5.91 Å². The van der Waals surface area contributed by atoms with Gasteiger partial charge in [0.15, 0.2) is 0 Å². The van der Waals surface area contributed by atoms with Gasteiger partial charge in [0.05, 0.1) is 0 Å². The largest absolute Gasteiger partial charge is 0.480 e. The summed E-state index contributed by atoms with van der Waals surface area (Å²) in [5.74, 6) is -1.79. The number of ether oxygens (including phenoxy) is 1. The van der Waals surface area contributed by atoms with Gasteiger partial charge in [0.25, 0.3) is 0 Å². The van der Waals surface area contributed by atoms with E-state index in [-0.39, 0.29) is 18.9 Å². The third-order valence-electron chi connectivity index (χ3n) is 5.82. The Hall–Kier alpha value is -3.61. The molecule has 3 rings (SSSR count). The van der Waals surface area contributed by atoms with Crippen molar-refractivity contribution >= 4 is 18.0 Å². The van der Waals surface area contributed by atoms with Gasteiger partial charge >= 0.3 is 12.1 Å². The summed E-state index contributed by atoms with van der Waals surface area (Å²) in [4.78, 5) is 36.6. The van der Waals surface area contributed by atoms with E-state index in [1.807, 2.05) is 43.3 Å². The monoisotopic (exact) mass is 450 g/mol. The zero-order chi connectivity index (χ0) is 23.8. The molecule has 174 valence electrons. The van der Waals surface area contributed by atoms with Crippen molar-refractivity contribution in [3.63, 3.8) is 0 Å². The molecule has 2 atom stereocenters. The molecule has 0 aromatic heterocycles. The third-order valence-corrected chi connectivity index (χ3v) is 5.82. The number of carboxylic acid groups (broad SMARTS) is 1. The van der Waals surface area contributed by atoms with Gasteiger partial charge < -0.3 is 20.5 Å². The fourth-order valence-electron chi connectivity index (χ4n) is 4.12. The summed E-state index contributed by atoms with van der Waals surface area (Å²) in [5, 5.41) is 14.4. The molecule has 0 fully saturated rings. The molecule has 33 heavy (non-hydrogen) atoms. The molecule has 1 unspecified atom stereocenters. The van der Waals surface area contributed by atoms with Gasteiger partial charge in [-0.25, -0.2) is 9.59 Å². The molecule has 2 aromatic rings. The third kappa shape index (κ3) is 5.80. The van der Waals surface area contributed by atoms with Crippen molar-refractivity contribution in [2.45, 2.75) is 50.6 Å². The summed E-state index contributed by atoms with van der Waals surface area (Å²) < 4.78 is 5.54. The number of carbonyl (C=O) groups excluding carboxylic acids is 2. The summed E-state index contributed by atoms with van der Waals surface area (Å²) in [5.41, 5.74) is 4.45. The fraction of sp³-hybridized carbons (Fsp3) is 0.346. The summed E-state index contributed by atoms with van der Waals surface area (Å²) in [6.45, 7) is 5.63. The second-order valence-electron chi connectivity index (χ2n) is 8.09. The molecule has 1 aliphatic rings. The van der Waals surface area contributed by atoms with Crippen LogP contribution in [0.2, 0.25) is 0 Å². The van der Waals surface area contributed by atoms with Crippen LogP contribution >= 0.6 is 0 Å². The second kappa shape index (κ2) is 11.3. The first-order valence-corrected chi connectivity index (χ1v) is 11.2.